The van der Waals surface area contributed by atoms with Crippen LogP contribution in [0.2, 0.25) is 0 Å². The number of methoxy groups -OCH3 is 2. The monoisotopic (exact) mass is 402 g/mol. The first-order valence-electron chi connectivity index (χ1n) is 8.82. The molecule has 0 unspecified atom stereocenters. The zero-order chi connectivity index (χ0) is 20.3. The predicted octanol–water partition coefficient (Wildman–Crippen LogP) is 2.18. The van der Waals surface area contributed by atoms with Crippen LogP contribution in [0.25, 0.3) is 0 Å². The van der Waals surface area contributed by atoms with Crippen LogP contribution in [0.4, 0.5) is 5.69 Å². The molecule has 0 spiro atoms. The molecule has 0 saturated heterocycles. The van der Waals surface area contributed by atoms with E-state index in [1.807, 2.05) is 6.92 Å². The molecule has 2 amide bonds. The highest BCUT2D eigenvalue weighted by molar-refractivity contribution is 7.85. The van der Waals surface area contributed by atoms with E-state index in [1.165, 1.54) is 14.2 Å². The van der Waals surface area contributed by atoms with E-state index in [0.717, 1.165) is 0 Å². The van der Waals surface area contributed by atoms with Crippen LogP contribution in [0.5, 0.6) is 0 Å². The fraction of sp³-hybridized carbons (Fsp3) is 0.300. The maximum atomic E-state index is 13.1. The molecule has 0 aromatic heterocycles. The van der Waals surface area contributed by atoms with Crippen molar-refractivity contribution in [3.63, 3.8) is 0 Å². The number of nitrogens with one attached hydrogen (secondary N) is 1. The first-order valence-corrected chi connectivity index (χ1v) is 9.97. The molecule has 28 heavy (non-hydrogen) atoms. The second kappa shape index (κ2) is 8.64. The fourth-order valence-electron chi connectivity index (χ4n) is 3.06. The molecule has 1 heterocycles. The Bertz CT molecular complexity index is 927. The van der Waals surface area contributed by atoms with Gasteiger partial charge in [-0.1, -0.05) is 12.1 Å². The summed E-state index contributed by atoms with van der Waals surface area (Å²) < 4.78 is 23.2. The zero-order valence-electron chi connectivity index (χ0n) is 15.9. The molecule has 8 heteroatoms. The highest BCUT2D eigenvalue weighted by atomic mass is 32.2. The van der Waals surface area contributed by atoms with E-state index in [4.69, 9.17) is 9.47 Å². The minimum atomic E-state index is -1.52. The number of hydrogen-bond acceptors (Lipinski definition) is 5. The van der Waals surface area contributed by atoms with Gasteiger partial charge in [-0.2, -0.15) is 0 Å². The molecule has 148 valence electrons. The van der Waals surface area contributed by atoms with Gasteiger partial charge in [0.2, 0.25) is 0 Å². The largest absolute Gasteiger partial charge is 0.354 e. The number of amides is 2. The Morgan fingerprint density at radius 1 is 1.14 bits per heavy atom. The van der Waals surface area contributed by atoms with E-state index in [2.05, 4.69) is 5.32 Å². The van der Waals surface area contributed by atoms with Crippen molar-refractivity contribution in [2.45, 2.75) is 23.0 Å². The van der Waals surface area contributed by atoms with Crippen molar-refractivity contribution in [1.29, 1.82) is 0 Å². The van der Waals surface area contributed by atoms with Gasteiger partial charge < -0.3 is 19.7 Å². The molecule has 0 bridgehead atoms. The smallest absolute Gasteiger partial charge is 0.259 e. The number of nitrogens with zero attached hydrogens (tertiary/aromatic N) is 1. The first kappa shape index (κ1) is 20.2. The molecule has 2 aromatic carbocycles. The molecule has 3 rings (SSSR count). The van der Waals surface area contributed by atoms with Gasteiger partial charge in [-0.15, -0.1) is 0 Å². The third kappa shape index (κ3) is 3.71. The molecule has 0 fully saturated rings. The molecule has 1 atom stereocenters. The summed E-state index contributed by atoms with van der Waals surface area (Å²) in [6.45, 7) is 2.40. The summed E-state index contributed by atoms with van der Waals surface area (Å²) in [5.41, 5.74) is 1.25. The van der Waals surface area contributed by atoms with Crippen molar-refractivity contribution < 1.29 is 23.3 Å². The summed E-state index contributed by atoms with van der Waals surface area (Å²) in [6, 6.07) is 11.7. The van der Waals surface area contributed by atoms with Crippen LogP contribution >= 0.6 is 0 Å². The van der Waals surface area contributed by atoms with E-state index >= 15 is 0 Å². The standard InChI is InChI=1S/C20H22N2O5S/c1-4-22-15-11-13(19(23)21-12-18(26-2)27-3)9-10-17(15)28(25)16-8-6-5-7-14(16)20(22)24/h5-11,18H,4,12H2,1-3H3,(H,21,23)/t28-/m0/s1. The van der Waals surface area contributed by atoms with Crippen molar-refractivity contribution >= 4 is 28.3 Å². The third-order valence-corrected chi connectivity index (χ3v) is 6.05. The average molecular weight is 402 g/mol. The molecular formula is C20H22N2O5S. The molecule has 1 aliphatic rings. The Labute approximate surface area is 166 Å². The van der Waals surface area contributed by atoms with Crippen LogP contribution < -0.4 is 10.2 Å². The molecule has 1 aliphatic heterocycles. The lowest BCUT2D eigenvalue weighted by Crippen LogP contribution is -2.34. The average Bonchev–Trinajstić information content (AvgIpc) is 2.82. The highest BCUT2D eigenvalue weighted by Crippen LogP contribution is 2.34. The van der Waals surface area contributed by atoms with Crippen molar-refractivity contribution in [1.82, 2.24) is 5.32 Å². The second-order valence-electron chi connectivity index (χ2n) is 6.11. The second-order valence-corrected chi connectivity index (χ2v) is 7.52. The number of benzene rings is 2. The molecule has 7 nitrogen and oxygen atoms in total. The number of anilines is 1. The van der Waals surface area contributed by atoms with Gasteiger partial charge in [-0.25, -0.2) is 4.21 Å². The number of hydrogen-bond donors (Lipinski definition) is 1. The first-order chi connectivity index (χ1) is 13.5. The Kier molecular flexibility index (Phi) is 6.23. The van der Waals surface area contributed by atoms with Crippen LogP contribution in [-0.4, -0.2) is 49.6 Å². The zero-order valence-corrected chi connectivity index (χ0v) is 16.7. The molecule has 2 aromatic rings. The minimum absolute atomic E-state index is 0.177. The van der Waals surface area contributed by atoms with E-state index in [0.29, 0.717) is 33.2 Å². The molecule has 0 radical (unpaired) electrons. The van der Waals surface area contributed by atoms with Gasteiger partial charge in [0.15, 0.2) is 6.29 Å². The lowest BCUT2D eigenvalue weighted by Gasteiger charge is -2.21. The number of carbonyl (C=O) groups excluding carboxylic acids is 2. The van der Waals surface area contributed by atoms with Crippen molar-refractivity contribution in [2.75, 3.05) is 32.2 Å². The van der Waals surface area contributed by atoms with E-state index in [9.17, 15) is 13.8 Å². The molecule has 0 saturated carbocycles. The Balaban J connectivity index is 1.98. The Morgan fingerprint density at radius 2 is 1.86 bits per heavy atom. The van der Waals surface area contributed by atoms with Crippen molar-refractivity contribution in [2.24, 2.45) is 0 Å². The van der Waals surface area contributed by atoms with Crippen LogP contribution in [-0.2, 0) is 20.3 Å². The lowest BCUT2D eigenvalue weighted by atomic mass is 10.1. The van der Waals surface area contributed by atoms with Gasteiger partial charge in [0, 0.05) is 26.3 Å². The van der Waals surface area contributed by atoms with E-state index in [-0.39, 0.29) is 18.4 Å². The van der Waals surface area contributed by atoms with E-state index < -0.39 is 17.1 Å². The summed E-state index contributed by atoms with van der Waals surface area (Å²) in [7, 11) is 1.45. The minimum Gasteiger partial charge on any atom is -0.354 e. The normalized spacial score (nSPS) is 15.8. The topological polar surface area (TPSA) is 84.9 Å². The van der Waals surface area contributed by atoms with Gasteiger partial charge in [-0.05, 0) is 37.3 Å². The summed E-state index contributed by atoms with van der Waals surface area (Å²) in [6.07, 6.45) is -0.555. The highest BCUT2D eigenvalue weighted by Gasteiger charge is 2.30. The summed E-state index contributed by atoms with van der Waals surface area (Å²) in [5.74, 6) is -0.570. The number of rotatable bonds is 6. The van der Waals surface area contributed by atoms with Crippen LogP contribution in [0, 0.1) is 0 Å². The quantitative estimate of drug-likeness (QED) is 0.749. The number of ether oxygens (including phenoxy) is 2. The van der Waals surface area contributed by atoms with Gasteiger partial charge in [0.1, 0.15) is 0 Å². The Morgan fingerprint density at radius 3 is 2.54 bits per heavy atom. The summed E-state index contributed by atoms with van der Waals surface area (Å²) in [5, 5.41) is 2.73. The van der Waals surface area contributed by atoms with Gasteiger partial charge >= 0.3 is 0 Å². The summed E-state index contributed by atoms with van der Waals surface area (Å²) in [4.78, 5) is 28.1. The van der Waals surface area contributed by atoms with Gasteiger partial charge in [-0.3, -0.25) is 9.59 Å². The van der Waals surface area contributed by atoms with E-state index in [1.54, 1.807) is 47.4 Å². The maximum Gasteiger partial charge on any atom is 0.259 e. The number of fused-ring (bicyclic) bond motifs is 2. The van der Waals surface area contributed by atoms with Crippen LogP contribution in [0.3, 0.4) is 0 Å². The molecular weight excluding hydrogens is 380 g/mol. The predicted molar refractivity (Wildman–Crippen MR) is 105 cm³/mol. The van der Waals surface area contributed by atoms with Crippen LogP contribution in [0.1, 0.15) is 27.6 Å². The number of carbonyl (C=O) groups is 2. The van der Waals surface area contributed by atoms with Gasteiger partial charge in [0.25, 0.3) is 11.8 Å². The summed E-state index contributed by atoms with van der Waals surface area (Å²) >= 11 is 0. The van der Waals surface area contributed by atoms with Crippen molar-refractivity contribution in [3.05, 3.63) is 53.6 Å². The Hall–Kier alpha value is -2.55. The maximum absolute atomic E-state index is 13.1. The lowest BCUT2D eigenvalue weighted by molar-refractivity contribution is -0.0974. The molecule has 0 aliphatic carbocycles. The van der Waals surface area contributed by atoms with Crippen LogP contribution in [0.15, 0.2) is 52.3 Å². The van der Waals surface area contributed by atoms with Crippen molar-refractivity contribution in [3.8, 4) is 0 Å². The van der Waals surface area contributed by atoms with Gasteiger partial charge in [0.05, 0.1) is 38.4 Å². The fourth-order valence-corrected chi connectivity index (χ4v) is 4.40. The third-order valence-electron chi connectivity index (χ3n) is 4.55. The molecule has 1 N–H and O–H groups in total. The SMILES string of the molecule is CCN1C(=O)c2ccccc2[S@](=O)c2ccc(C(=O)NCC(OC)OC)cc21.